The molecule has 1 atom stereocenters. The summed E-state index contributed by atoms with van der Waals surface area (Å²) in [7, 11) is 0. The minimum atomic E-state index is -0.502. The van der Waals surface area contributed by atoms with Crippen molar-refractivity contribution in [2.24, 2.45) is 0 Å². The van der Waals surface area contributed by atoms with Crippen molar-refractivity contribution >= 4 is 40.6 Å². The number of amides is 2. The first-order valence-corrected chi connectivity index (χ1v) is 10.3. The molecule has 2 amide bonds. The van der Waals surface area contributed by atoms with E-state index in [2.05, 4.69) is 39.0 Å². The summed E-state index contributed by atoms with van der Waals surface area (Å²) in [6, 6.07) is 22.9. The van der Waals surface area contributed by atoms with Gasteiger partial charge in [-0.05, 0) is 74.9 Å². The molecule has 0 bridgehead atoms. The summed E-state index contributed by atoms with van der Waals surface area (Å²) in [5.74, 6) is 0. The van der Waals surface area contributed by atoms with Gasteiger partial charge in [-0.15, -0.1) is 0 Å². The fraction of sp³-hybridized carbons (Fsp3) is 0.208. The molecular weight excluding hydrogens is 403 g/mol. The molecule has 4 rings (SSSR count). The van der Waals surface area contributed by atoms with Gasteiger partial charge in [0, 0.05) is 21.4 Å². The van der Waals surface area contributed by atoms with E-state index in [-0.39, 0.29) is 12.1 Å². The third-order valence-electron chi connectivity index (χ3n) is 5.45. The van der Waals surface area contributed by atoms with Gasteiger partial charge in [0.2, 0.25) is 0 Å². The Morgan fingerprint density at radius 2 is 1.38 bits per heavy atom. The minimum Gasteiger partial charge on any atom is -0.286 e. The number of anilines is 2. The molecule has 0 spiro atoms. The SMILES string of the molecule is Cc1cccc([C@H]2N(c3ccc(Cl)cc3)C(=O)N(c3ccc(Cl)cc3)C2(C)C)c1. The molecule has 1 saturated heterocycles. The Hall–Kier alpha value is -2.49. The quantitative estimate of drug-likeness (QED) is 0.433. The molecule has 3 nitrogen and oxygen atoms in total. The molecule has 0 aromatic heterocycles. The Labute approximate surface area is 181 Å². The zero-order valence-electron chi connectivity index (χ0n) is 16.6. The average Bonchev–Trinajstić information content (AvgIpc) is 2.89. The van der Waals surface area contributed by atoms with Gasteiger partial charge in [0.1, 0.15) is 0 Å². The second-order valence-corrected chi connectivity index (χ2v) is 8.78. The summed E-state index contributed by atoms with van der Waals surface area (Å²) < 4.78 is 0. The lowest BCUT2D eigenvalue weighted by molar-refractivity contribution is 0.254. The van der Waals surface area contributed by atoms with Crippen molar-refractivity contribution in [3.63, 3.8) is 0 Å². The molecule has 0 aliphatic carbocycles. The van der Waals surface area contributed by atoms with Crippen LogP contribution in [-0.4, -0.2) is 11.6 Å². The first kappa shape index (κ1) is 19.8. The maximum absolute atomic E-state index is 13.7. The molecule has 3 aromatic rings. The highest BCUT2D eigenvalue weighted by atomic mass is 35.5. The lowest BCUT2D eigenvalue weighted by atomic mass is 9.87. The second-order valence-electron chi connectivity index (χ2n) is 7.91. The van der Waals surface area contributed by atoms with Crippen LogP contribution in [-0.2, 0) is 0 Å². The van der Waals surface area contributed by atoms with Crippen LogP contribution in [0.15, 0.2) is 72.8 Å². The smallest absolute Gasteiger partial charge is 0.286 e. The van der Waals surface area contributed by atoms with Crippen LogP contribution in [0.3, 0.4) is 0 Å². The molecule has 0 unspecified atom stereocenters. The Balaban J connectivity index is 1.90. The molecular formula is C24H22Cl2N2O. The predicted molar refractivity (Wildman–Crippen MR) is 121 cm³/mol. The molecule has 148 valence electrons. The van der Waals surface area contributed by atoms with Crippen LogP contribution in [0.4, 0.5) is 16.2 Å². The predicted octanol–water partition coefficient (Wildman–Crippen LogP) is 7.27. The van der Waals surface area contributed by atoms with Gasteiger partial charge in [-0.25, -0.2) is 4.79 Å². The number of rotatable bonds is 3. The molecule has 1 aliphatic rings. The van der Waals surface area contributed by atoms with Crippen molar-refractivity contribution in [2.75, 3.05) is 9.80 Å². The van der Waals surface area contributed by atoms with E-state index in [0.717, 1.165) is 22.5 Å². The number of benzene rings is 3. The average molecular weight is 425 g/mol. The van der Waals surface area contributed by atoms with Gasteiger partial charge in [0.05, 0.1) is 11.6 Å². The normalized spacial score (nSPS) is 18.4. The fourth-order valence-corrected chi connectivity index (χ4v) is 4.45. The zero-order valence-corrected chi connectivity index (χ0v) is 18.1. The fourth-order valence-electron chi connectivity index (χ4n) is 4.19. The summed E-state index contributed by atoms with van der Waals surface area (Å²) >= 11 is 12.2. The van der Waals surface area contributed by atoms with E-state index in [4.69, 9.17) is 23.2 Å². The van der Waals surface area contributed by atoms with Gasteiger partial charge < -0.3 is 0 Å². The van der Waals surface area contributed by atoms with E-state index >= 15 is 0 Å². The monoisotopic (exact) mass is 424 g/mol. The van der Waals surface area contributed by atoms with E-state index in [1.165, 1.54) is 0 Å². The third-order valence-corrected chi connectivity index (χ3v) is 5.95. The lowest BCUT2D eigenvalue weighted by Gasteiger charge is -2.35. The van der Waals surface area contributed by atoms with Crippen molar-refractivity contribution in [2.45, 2.75) is 32.4 Å². The molecule has 0 saturated carbocycles. The van der Waals surface area contributed by atoms with E-state index in [9.17, 15) is 4.79 Å². The van der Waals surface area contributed by atoms with Crippen LogP contribution in [0, 0.1) is 6.92 Å². The molecule has 0 N–H and O–H groups in total. The molecule has 1 aliphatic heterocycles. The van der Waals surface area contributed by atoms with Crippen molar-refractivity contribution in [3.8, 4) is 0 Å². The topological polar surface area (TPSA) is 23.6 Å². The van der Waals surface area contributed by atoms with Crippen LogP contribution < -0.4 is 9.80 Å². The van der Waals surface area contributed by atoms with Crippen LogP contribution in [0.5, 0.6) is 0 Å². The highest BCUT2D eigenvalue weighted by Crippen LogP contribution is 2.47. The Morgan fingerprint density at radius 3 is 1.93 bits per heavy atom. The molecule has 5 heteroatoms. The molecule has 1 heterocycles. The van der Waals surface area contributed by atoms with Gasteiger partial charge in [-0.1, -0.05) is 53.0 Å². The highest BCUT2D eigenvalue weighted by Gasteiger charge is 2.53. The maximum Gasteiger partial charge on any atom is 0.330 e. The highest BCUT2D eigenvalue weighted by molar-refractivity contribution is 6.31. The van der Waals surface area contributed by atoms with E-state index in [0.29, 0.717) is 10.0 Å². The van der Waals surface area contributed by atoms with Crippen LogP contribution in [0.25, 0.3) is 0 Å². The molecule has 1 fully saturated rings. The maximum atomic E-state index is 13.7. The van der Waals surface area contributed by atoms with Gasteiger partial charge in [-0.2, -0.15) is 0 Å². The third kappa shape index (κ3) is 3.50. The summed E-state index contributed by atoms with van der Waals surface area (Å²) in [5, 5.41) is 1.28. The minimum absolute atomic E-state index is 0.0776. The first-order valence-electron chi connectivity index (χ1n) is 9.50. The summed E-state index contributed by atoms with van der Waals surface area (Å²) in [5.41, 5.74) is 3.38. The van der Waals surface area contributed by atoms with Gasteiger partial charge in [0.15, 0.2) is 0 Å². The molecule has 29 heavy (non-hydrogen) atoms. The number of hydrogen-bond donors (Lipinski definition) is 0. The number of nitrogens with zero attached hydrogens (tertiary/aromatic N) is 2. The molecule has 3 aromatic carbocycles. The van der Waals surface area contributed by atoms with Crippen molar-refractivity contribution in [1.82, 2.24) is 0 Å². The lowest BCUT2D eigenvalue weighted by Crippen LogP contribution is -2.43. The number of urea groups is 1. The Bertz CT molecular complexity index is 1050. The van der Waals surface area contributed by atoms with Crippen molar-refractivity contribution in [1.29, 1.82) is 0 Å². The Morgan fingerprint density at radius 1 is 0.828 bits per heavy atom. The summed E-state index contributed by atoms with van der Waals surface area (Å²) in [4.78, 5) is 17.5. The molecule has 0 radical (unpaired) electrons. The van der Waals surface area contributed by atoms with Gasteiger partial charge >= 0.3 is 6.03 Å². The van der Waals surface area contributed by atoms with Crippen molar-refractivity contribution < 1.29 is 4.79 Å². The second kappa shape index (κ2) is 7.40. The summed E-state index contributed by atoms with van der Waals surface area (Å²) in [6.07, 6.45) is 0. The van der Waals surface area contributed by atoms with Crippen LogP contribution in [0.2, 0.25) is 10.0 Å². The van der Waals surface area contributed by atoms with Crippen molar-refractivity contribution in [3.05, 3.63) is 94.0 Å². The first-order chi connectivity index (χ1) is 13.8. The number of carbonyl (C=O) groups is 1. The number of hydrogen-bond acceptors (Lipinski definition) is 1. The van der Waals surface area contributed by atoms with E-state index < -0.39 is 5.54 Å². The van der Waals surface area contributed by atoms with Gasteiger partial charge in [-0.3, -0.25) is 9.80 Å². The number of carbonyl (C=O) groups excluding carboxylic acids is 1. The van der Waals surface area contributed by atoms with Crippen LogP contribution >= 0.6 is 23.2 Å². The van der Waals surface area contributed by atoms with Gasteiger partial charge in [0.25, 0.3) is 0 Å². The Kier molecular flexibility index (Phi) is 5.05. The number of halogens is 2. The van der Waals surface area contributed by atoms with Crippen LogP contribution in [0.1, 0.15) is 31.0 Å². The van der Waals surface area contributed by atoms with E-state index in [1.807, 2.05) is 64.4 Å². The standard InChI is InChI=1S/C24H22Cl2N2O/c1-16-5-4-6-17(15-16)22-24(2,3)28(21-13-9-19(26)10-14-21)23(29)27(22)20-11-7-18(25)8-12-20/h4-15,22H,1-3H3/t22-/m1/s1. The van der Waals surface area contributed by atoms with E-state index in [1.54, 1.807) is 0 Å². The zero-order chi connectivity index (χ0) is 20.8. The summed E-state index contributed by atoms with van der Waals surface area (Å²) in [6.45, 7) is 6.27. The largest absolute Gasteiger partial charge is 0.330 e. The number of aryl methyl sites for hydroxylation is 1.